The smallest absolute Gasteiger partial charge is 0.163 e. The van der Waals surface area contributed by atoms with Crippen LogP contribution in [0, 0.1) is 28.1 Å². The summed E-state index contributed by atoms with van der Waals surface area (Å²) < 4.78 is 12.5. The SMILES string of the molecule is CC1(C)OCC2(C)C(CCC3(C)C2CC=C2C(O)C4CC23CCC4(O)CO)O1. The normalized spacial score (nSPS) is 57.0. The topological polar surface area (TPSA) is 79.2 Å². The van der Waals surface area contributed by atoms with Gasteiger partial charge in [-0.25, -0.2) is 0 Å². The van der Waals surface area contributed by atoms with Crippen LogP contribution in [0.1, 0.15) is 66.2 Å². The fraction of sp³-hybridized carbons (Fsp3) is 0.913. The molecule has 28 heavy (non-hydrogen) atoms. The second-order valence-corrected chi connectivity index (χ2v) is 11.3. The molecule has 0 aromatic heterocycles. The molecule has 0 aromatic rings. The second kappa shape index (κ2) is 5.61. The summed E-state index contributed by atoms with van der Waals surface area (Å²) in [7, 11) is 0. The average molecular weight is 393 g/mol. The van der Waals surface area contributed by atoms with Gasteiger partial charge in [0.1, 0.15) is 0 Å². The largest absolute Gasteiger partial charge is 0.393 e. The maximum Gasteiger partial charge on any atom is 0.163 e. The molecule has 2 bridgehead atoms. The van der Waals surface area contributed by atoms with Crippen LogP contribution in [-0.2, 0) is 9.47 Å². The molecule has 5 aliphatic rings. The molecule has 5 heteroatoms. The second-order valence-electron chi connectivity index (χ2n) is 11.3. The summed E-state index contributed by atoms with van der Waals surface area (Å²) >= 11 is 0. The Labute approximate surface area is 168 Å². The summed E-state index contributed by atoms with van der Waals surface area (Å²) in [5.41, 5.74) is -0.101. The van der Waals surface area contributed by atoms with E-state index in [1.807, 2.05) is 13.8 Å². The first-order valence-electron chi connectivity index (χ1n) is 11.1. The number of hydrogen-bond donors (Lipinski definition) is 3. The van der Waals surface area contributed by atoms with Crippen LogP contribution in [0.2, 0.25) is 0 Å². The van der Waals surface area contributed by atoms with Gasteiger partial charge in [-0.1, -0.05) is 19.9 Å². The zero-order valence-electron chi connectivity index (χ0n) is 17.7. The highest BCUT2D eigenvalue weighted by molar-refractivity contribution is 5.38. The predicted molar refractivity (Wildman–Crippen MR) is 104 cm³/mol. The van der Waals surface area contributed by atoms with E-state index in [0.29, 0.717) is 18.9 Å². The van der Waals surface area contributed by atoms with Crippen LogP contribution in [0.15, 0.2) is 11.6 Å². The van der Waals surface area contributed by atoms with Crippen molar-refractivity contribution in [1.29, 1.82) is 0 Å². The monoisotopic (exact) mass is 392 g/mol. The van der Waals surface area contributed by atoms with Gasteiger partial charge in [0.05, 0.1) is 31.0 Å². The number of rotatable bonds is 1. The Morgan fingerprint density at radius 2 is 1.89 bits per heavy atom. The third-order valence-electron chi connectivity index (χ3n) is 9.82. The maximum absolute atomic E-state index is 11.1. The van der Waals surface area contributed by atoms with Gasteiger partial charge in [-0.15, -0.1) is 0 Å². The average Bonchev–Trinajstić information content (AvgIpc) is 2.91. The summed E-state index contributed by atoms with van der Waals surface area (Å²) in [6, 6.07) is 0. The Balaban J connectivity index is 1.56. The molecule has 1 heterocycles. The van der Waals surface area contributed by atoms with Gasteiger partial charge in [-0.3, -0.25) is 0 Å². The molecule has 5 nitrogen and oxygen atoms in total. The Morgan fingerprint density at radius 1 is 1.14 bits per heavy atom. The van der Waals surface area contributed by atoms with Crippen LogP contribution in [-0.4, -0.2) is 52.1 Å². The van der Waals surface area contributed by atoms with Crippen molar-refractivity contribution < 1.29 is 24.8 Å². The number of aliphatic hydroxyl groups is 3. The summed E-state index contributed by atoms with van der Waals surface area (Å²) in [6.45, 7) is 9.20. The van der Waals surface area contributed by atoms with E-state index in [-0.39, 0.29) is 34.9 Å². The van der Waals surface area contributed by atoms with Crippen molar-refractivity contribution in [3.63, 3.8) is 0 Å². The van der Waals surface area contributed by atoms with Gasteiger partial charge in [0, 0.05) is 16.7 Å². The third kappa shape index (κ3) is 2.15. The highest BCUT2D eigenvalue weighted by atomic mass is 16.7. The van der Waals surface area contributed by atoms with E-state index < -0.39 is 17.5 Å². The van der Waals surface area contributed by atoms with Gasteiger partial charge in [0.2, 0.25) is 0 Å². The van der Waals surface area contributed by atoms with E-state index in [1.54, 1.807) is 0 Å². The molecule has 4 aliphatic carbocycles. The van der Waals surface area contributed by atoms with E-state index in [9.17, 15) is 15.3 Å². The Hall–Kier alpha value is -0.460. The van der Waals surface area contributed by atoms with Crippen molar-refractivity contribution >= 4 is 0 Å². The van der Waals surface area contributed by atoms with Gasteiger partial charge in [-0.2, -0.15) is 0 Å². The highest BCUT2D eigenvalue weighted by Gasteiger charge is 2.71. The van der Waals surface area contributed by atoms with Crippen LogP contribution in [0.3, 0.4) is 0 Å². The van der Waals surface area contributed by atoms with Crippen molar-refractivity contribution in [3.05, 3.63) is 11.6 Å². The van der Waals surface area contributed by atoms with Gasteiger partial charge in [-0.05, 0) is 69.3 Å². The lowest BCUT2D eigenvalue weighted by Gasteiger charge is -2.66. The van der Waals surface area contributed by atoms with Crippen LogP contribution < -0.4 is 0 Å². The molecule has 1 spiro atoms. The quantitative estimate of drug-likeness (QED) is 0.598. The molecular formula is C23H36O5. The lowest BCUT2D eigenvalue weighted by Crippen LogP contribution is -2.65. The minimum atomic E-state index is -1.16. The first kappa shape index (κ1) is 19.5. The van der Waals surface area contributed by atoms with E-state index in [4.69, 9.17) is 9.47 Å². The summed E-state index contributed by atoms with van der Waals surface area (Å²) in [5.74, 6) is -0.371. The minimum Gasteiger partial charge on any atom is -0.393 e. The molecule has 5 rings (SSSR count). The van der Waals surface area contributed by atoms with Crippen LogP contribution in [0.5, 0.6) is 0 Å². The van der Waals surface area contributed by atoms with Crippen molar-refractivity contribution in [2.45, 2.75) is 89.8 Å². The zero-order valence-corrected chi connectivity index (χ0v) is 17.7. The molecule has 3 saturated carbocycles. The van der Waals surface area contributed by atoms with Crippen molar-refractivity contribution in [3.8, 4) is 0 Å². The van der Waals surface area contributed by atoms with E-state index in [1.165, 1.54) is 0 Å². The van der Waals surface area contributed by atoms with E-state index in [0.717, 1.165) is 37.7 Å². The Kier molecular flexibility index (Phi) is 3.91. The number of aliphatic hydroxyl groups excluding tert-OH is 2. The number of fused-ring (bicyclic) bond motifs is 4. The fourth-order valence-electron chi connectivity index (χ4n) is 8.14. The number of ether oxygens (including phenoxy) is 2. The lowest BCUT2D eigenvalue weighted by atomic mass is 9.41. The summed E-state index contributed by atoms with van der Waals surface area (Å²) in [4.78, 5) is 0. The molecule has 8 unspecified atom stereocenters. The summed E-state index contributed by atoms with van der Waals surface area (Å²) in [5, 5.41) is 32.0. The first-order valence-corrected chi connectivity index (χ1v) is 11.1. The molecule has 158 valence electrons. The third-order valence-corrected chi connectivity index (χ3v) is 9.82. The van der Waals surface area contributed by atoms with E-state index >= 15 is 0 Å². The fourth-order valence-corrected chi connectivity index (χ4v) is 8.14. The number of allylic oxidation sites excluding steroid dienone is 1. The highest BCUT2D eigenvalue weighted by Crippen LogP contribution is 2.74. The minimum absolute atomic E-state index is 0.0447. The zero-order chi connectivity index (χ0) is 20.2. The first-order chi connectivity index (χ1) is 13.0. The molecule has 0 amide bonds. The standard InChI is InChI=1S/C23H36O5/c1-19(2)27-13-20(3)16-6-5-14-18(25)15-11-22(14,9-10-23(15,26)12-24)21(16,4)8-7-17(20)28-19/h5,15-18,24-26H,6-13H2,1-4H3. The molecule has 1 saturated heterocycles. The van der Waals surface area contributed by atoms with Crippen molar-refractivity contribution in [2.75, 3.05) is 13.2 Å². The lowest BCUT2D eigenvalue weighted by molar-refractivity contribution is -0.346. The Morgan fingerprint density at radius 3 is 2.61 bits per heavy atom. The van der Waals surface area contributed by atoms with Crippen LogP contribution in [0.25, 0.3) is 0 Å². The Bertz CT molecular complexity index is 718. The molecule has 0 aromatic carbocycles. The molecule has 1 aliphatic heterocycles. The van der Waals surface area contributed by atoms with E-state index in [2.05, 4.69) is 19.9 Å². The van der Waals surface area contributed by atoms with Crippen molar-refractivity contribution in [1.82, 2.24) is 0 Å². The molecule has 4 fully saturated rings. The summed E-state index contributed by atoms with van der Waals surface area (Å²) in [6.07, 6.45) is 7.01. The van der Waals surface area contributed by atoms with Crippen molar-refractivity contribution in [2.24, 2.45) is 28.1 Å². The van der Waals surface area contributed by atoms with Gasteiger partial charge in [0.25, 0.3) is 0 Å². The maximum atomic E-state index is 11.1. The van der Waals surface area contributed by atoms with Crippen LogP contribution >= 0.6 is 0 Å². The molecular weight excluding hydrogens is 356 g/mol. The molecule has 3 N–H and O–H groups in total. The van der Waals surface area contributed by atoms with Crippen LogP contribution in [0.4, 0.5) is 0 Å². The van der Waals surface area contributed by atoms with Gasteiger partial charge >= 0.3 is 0 Å². The molecule has 0 radical (unpaired) electrons. The molecule has 8 atom stereocenters. The van der Waals surface area contributed by atoms with Gasteiger partial charge in [0.15, 0.2) is 5.79 Å². The van der Waals surface area contributed by atoms with Gasteiger partial charge < -0.3 is 24.8 Å². The predicted octanol–water partition coefficient (Wildman–Crippen LogP) is 2.78. The number of hydrogen-bond acceptors (Lipinski definition) is 5.